The maximum atomic E-state index is 5.70. The lowest BCUT2D eigenvalue weighted by atomic mass is 10.1. The third-order valence-electron chi connectivity index (χ3n) is 3.33. The molecule has 4 rings (SSSR count). The van der Waals surface area contributed by atoms with E-state index in [1.54, 1.807) is 11.3 Å². The molecule has 0 fully saturated rings. The van der Waals surface area contributed by atoms with Crippen LogP contribution in [0.25, 0.3) is 11.3 Å². The van der Waals surface area contributed by atoms with Crippen LogP contribution in [0.1, 0.15) is 0 Å². The molecular weight excluding hydrogens is 298 g/mol. The number of nitrogens with two attached hydrogens (primary N) is 1. The summed E-state index contributed by atoms with van der Waals surface area (Å²) in [7, 11) is 0. The summed E-state index contributed by atoms with van der Waals surface area (Å²) in [4.78, 5) is 4.59. The summed E-state index contributed by atoms with van der Waals surface area (Å²) in [5, 5.41) is 6.12. The fraction of sp³-hybridized carbons (Fsp3) is 0.0625. The van der Waals surface area contributed by atoms with Crippen molar-refractivity contribution < 1.29 is 9.47 Å². The normalized spacial score (nSPS) is 12.4. The molecule has 0 saturated carbocycles. The topological polar surface area (TPSA) is 69.4 Å². The minimum atomic E-state index is 0.275. The van der Waals surface area contributed by atoms with Crippen LogP contribution in [0.3, 0.4) is 0 Å². The molecule has 0 atom stereocenters. The average Bonchev–Trinajstić information content (AvgIpc) is 3.17. The number of nitrogens with one attached hydrogen (secondary N) is 1. The molecule has 0 amide bonds. The van der Waals surface area contributed by atoms with Gasteiger partial charge in [0.15, 0.2) is 16.6 Å². The van der Waals surface area contributed by atoms with Crippen LogP contribution in [-0.2, 0) is 0 Å². The molecule has 22 heavy (non-hydrogen) atoms. The van der Waals surface area contributed by atoms with Gasteiger partial charge in [0.1, 0.15) is 0 Å². The van der Waals surface area contributed by atoms with Gasteiger partial charge < -0.3 is 20.5 Å². The first-order valence-corrected chi connectivity index (χ1v) is 7.64. The lowest BCUT2D eigenvalue weighted by molar-refractivity contribution is 0.174. The summed E-state index contributed by atoms with van der Waals surface area (Å²) >= 11 is 1.55. The average molecular weight is 311 g/mol. The molecule has 0 saturated heterocycles. The summed E-state index contributed by atoms with van der Waals surface area (Å²) in [5.74, 6) is 1.52. The molecule has 0 spiro atoms. The summed E-state index contributed by atoms with van der Waals surface area (Å²) in [6.45, 7) is 0.275. The summed E-state index contributed by atoms with van der Waals surface area (Å²) < 4.78 is 10.7. The maximum absolute atomic E-state index is 5.70. The predicted molar refractivity (Wildman–Crippen MR) is 87.8 cm³/mol. The van der Waals surface area contributed by atoms with Crippen LogP contribution in [0.2, 0.25) is 0 Å². The van der Waals surface area contributed by atoms with E-state index in [0.717, 1.165) is 39.3 Å². The molecule has 2 aromatic carbocycles. The van der Waals surface area contributed by atoms with E-state index in [2.05, 4.69) is 10.3 Å². The van der Waals surface area contributed by atoms with Crippen molar-refractivity contribution in [1.29, 1.82) is 0 Å². The molecule has 3 aromatic rings. The van der Waals surface area contributed by atoms with Crippen LogP contribution in [0.4, 0.5) is 16.5 Å². The van der Waals surface area contributed by atoms with Crippen LogP contribution < -0.4 is 20.5 Å². The van der Waals surface area contributed by atoms with Gasteiger partial charge in [-0.15, -0.1) is 11.3 Å². The fourth-order valence-electron chi connectivity index (χ4n) is 2.22. The first-order chi connectivity index (χ1) is 10.8. The van der Waals surface area contributed by atoms with E-state index in [-0.39, 0.29) is 6.79 Å². The van der Waals surface area contributed by atoms with Gasteiger partial charge in [-0.3, -0.25) is 0 Å². The van der Waals surface area contributed by atoms with Crippen molar-refractivity contribution in [2.45, 2.75) is 0 Å². The van der Waals surface area contributed by atoms with Gasteiger partial charge >= 0.3 is 0 Å². The molecule has 0 radical (unpaired) electrons. The minimum absolute atomic E-state index is 0.275. The Labute approximate surface area is 131 Å². The number of nitrogens with zero attached hydrogens (tertiary/aromatic N) is 1. The lowest BCUT2D eigenvalue weighted by Gasteiger charge is -2.03. The lowest BCUT2D eigenvalue weighted by Crippen LogP contribution is -1.93. The van der Waals surface area contributed by atoms with Crippen molar-refractivity contribution in [3.8, 4) is 22.8 Å². The number of hydrogen-bond donors (Lipinski definition) is 2. The van der Waals surface area contributed by atoms with E-state index < -0.39 is 0 Å². The van der Waals surface area contributed by atoms with Crippen molar-refractivity contribution >= 4 is 27.8 Å². The molecule has 110 valence electrons. The van der Waals surface area contributed by atoms with Crippen molar-refractivity contribution in [1.82, 2.24) is 4.98 Å². The molecule has 1 aliphatic rings. The highest BCUT2D eigenvalue weighted by atomic mass is 32.1. The minimum Gasteiger partial charge on any atom is -0.454 e. The number of thiazole rings is 1. The molecule has 1 aromatic heterocycles. The number of rotatable bonds is 3. The zero-order valence-corrected chi connectivity index (χ0v) is 12.4. The largest absolute Gasteiger partial charge is 0.454 e. The Morgan fingerprint density at radius 1 is 1.05 bits per heavy atom. The molecular formula is C16H13N3O2S. The van der Waals surface area contributed by atoms with E-state index in [9.17, 15) is 0 Å². The Hall–Kier alpha value is -2.73. The number of benzene rings is 2. The third-order valence-corrected chi connectivity index (χ3v) is 4.09. The summed E-state index contributed by atoms with van der Waals surface area (Å²) in [6, 6.07) is 13.4. The van der Waals surface area contributed by atoms with Gasteiger partial charge in [0.25, 0.3) is 0 Å². The Morgan fingerprint density at radius 2 is 1.86 bits per heavy atom. The van der Waals surface area contributed by atoms with Gasteiger partial charge in [0, 0.05) is 28.4 Å². The number of fused-ring (bicyclic) bond motifs is 1. The second kappa shape index (κ2) is 5.23. The van der Waals surface area contributed by atoms with Crippen molar-refractivity contribution in [2.75, 3.05) is 17.8 Å². The van der Waals surface area contributed by atoms with Crippen LogP contribution >= 0.6 is 11.3 Å². The first-order valence-electron chi connectivity index (χ1n) is 6.76. The summed E-state index contributed by atoms with van der Waals surface area (Å²) in [5.41, 5.74) is 9.34. The second-order valence-corrected chi connectivity index (χ2v) is 5.71. The molecule has 5 nitrogen and oxygen atoms in total. The Bertz CT molecular complexity index is 815. The fourth-order valence-corrected chi connectivity index (χ4v) is 2.96. The van der Waals surface area contributed by atoms with E-state index in [1.807, 2.05) is 47.8 Å². The zero-order valence-electron chi connectivity index (χ0n) is 11.6. The Balaban J connectivity index is 1.55. The van der Waals surface area contributed by atoms with Gasteiger partial charge in [-0.25, -0.2) is 4.98 Å². The first kappa shape index (κ1) is 13.0. The molecule has 0 aliphatic carbocycles. The maximum Gasteiger partial charge on any atom is 0.231 e. The van der Waals surface area contributed by atoms with E-state index in [1.165, 1.54) is 0 Å². The standard InChI is InChI=1S/C16H13N3O2S/c17-11-3-1-10(2-4-11)13-8-22-16(19-13)18-12-5-6-14-15(7-12)21-9-20-14/h1-8H,9,17H2,(H,18,19). The Morgan fingerprint density at radius 3 is 2.73 bits per heavy atom. The SMILES string of the molecule is Nc1ccc(-c2csc(Nc3ccc4c(c3)OCO4)n2)cc1. The smallest absolute Gasteiger partial charge is 0.231 e. The second-order valence-electron chi connectivity index (χ2n) is 4.85. The predicted octanol–water partition coefficient (Wildman–Crippen LogP) is 3.86. The van der Waals surface area contributed by atoms with Crippen LogP contribution in [0.15, 0.2) is 47.8 Å². The number of aromatic nitrogens is 1. The highest BCUT2D eigenvalue weighted by Gasteiger charge is 2.13. The summed E-state index contributed by atoms with van der Waals surface area (Å²) in [6.07, 6.45) is 0. The third kappa shape index (κ3) is 2.44. The Kier molecular flexibility index (Phi) is 3.08. The van der Waals surface area contributed by atoms with Gasteiger partial charge in [0.05, 0.1) is 5.69 Å². The number of anilines is 3. The zero-order chi connectivity index (χ0) is 14.9. The molecule has 2 heterocycles. The van der Waals surface area contributed by atoms with Crippen LogP contribution in [-0.4, -0.2) is 11.8 Å². The van der Waals surface area contributed by atoms with Gasteiger partial charge in [0.2, 0.25) is 6.79 Å². The molecule has 0 unspecified atom stereocenters. The van der Waals surface area contributed by atoms with Crippen molar-refractivity contribution in [2.24, 2.45) is 0 Å². The van der Waals surface area contributed by atoms with E-state index >= 15 is 0 Å². The van der Waals surface area contributed by atoms with Crippen molar-refractivity contribution in [3.63, 3.8) is 0 Å². The van der Waals surface area contributed by atoms with Crippen LogP contribution in [0, 0.1) is 0 Å². The molecule has 1 aliphatic heterocycles. The van der Waals surface area contributed by atoms with Crippen molar-refractivity contribution in [3.05, 3.63) is 47.8 Å². The molecule has 3 N–H and O–H groups in total. The molecule has 6 heteroatoms. The monoisotopic (exact) mass is 311 g/mol. The number of ether oxygens (including phenoxy) is 2. The highest BCUT2D eigenvalue weighted by molar-refractivity contribution is 7.14. The van der Waals surface area contributed by atoms with Gasteiger partial charge in [-0.1, -0.05) is 12.1 Å². The van der Waals surface area contributed by atoms with Gasteiger partial charge in [-0.05, 0) is 24.3 Å². The quantitative estimate of drug-likeness (QED) is 0.719. The van der Waals surface area contributed by atoms with E-state index in [0.29, 0.717) is 0 Å². The number of nitrogen functional groups attached to an aromatic ring is 1. The molecule has 0 bridgehead atoms. The van der Waals surface area contributed by atoms with Crippen LogP contribution in [0.5, 0.6) is 11.5 Å². The highest BCUT2D eigenvalue weighted by Crippen LogP contribution is 2.36. The van der Waals surface area contributed by atoms with E-state index in [4.69, 9.17) is 15.2 Å². The van der Waals surface area contributed by atoms with Gasteiger partial charge in [-0.2, -0.15) is 0 Å². The number of hydrogen-bond acceptors (Lipinski definition) is 6.